The first-order chi connectivity index (χ1) is 12.7. The Morgan fingerprint density at radius 3 is 2.19 bits per heavy atom. The van der Waals surface area contributed by atoms with Crippen LogP contribution in [0.5, 0.6) is 0 Å². The van der Waals surface area contributed by atoms with Gasteiger partial charge in [0.05, 0.1) is 12.0 Å². The third-order valence-electron chi connectivity index (χ3n) is 4.73. The number of hydrogen-bond acceptors (Lipinski definition) is 4. The molecule has 1 aromatic rings. The maximum Gasteiger partial charge on any atom is 0.321 e. The second-order valence-corrected chi connectivity index (χ2v) is 7.74. The van der Waals surface area contributed by atoms with Crippen molar-refractivity contribution >= 4 is 17.8 Å². The largest absolute Gasteiger partial charge is 0.339 e. The number of nitrogens with zero attached hydrogens (tertiary/aromatic N) is 2. The van der Waals surface area contributed by atoms with Crippen molar-refractivity contribution < 1.29 is 14.4 Å². The number of amides is 4. The van der Waals surface area contributed by atoms with E-state index >= 15 is 0 Å². The monoisotopic (exact) mass is 374 g/mol. The van der Waals surface area contributed by atoms with Crippen molar-refractivity contribution in [1.29, 1.82) is 0 Å². The molecule has 148 valence electrons. The summed E-state index contributed by atoms with van der Waals surface area (Å²) in [4.78, 5) is 40.3. The molecule has 7 heteroatoms. The van der Waals surface area contributed by atoms with E-state index in [-0.39, 0.29) is 24.4 Å². The van der Waals surface area contributed by atoms with E-state index in [2.05, 4.69) is 10.6 Å². The number of carbonyl (C=O) groups is 3. The van der Waals surface area contributed by atoms with Crippen LogP contribution in [0, 0.1) is 0 Å². The number of carbonyl (C=O) groups excluding carboxylic acids is 3. The summed E-state index contributed by atoms with van der Waals surface area (Å²) in [5.74, 6) is -0.244. The highest BCUT2D eigenvalue weighted by atomic mass is 16.2. The number of imide groups is 1. The van der Waals surface area contributed by atoms with Crippen LogP contribution >= 0.6 is 0 Å². The lowest BCUT2D eigenvalue weighted by Gasteiger charge is -2.38. The molecule has 1 aromatic carbocycles. The van der Waals surface area contributed by atoms with Crippen LogP contribution in [0.3, 0.4) is 0 Å². The van der Waals surface area contributed by atoms with Gasteiger partial charge in [-0.05, 0) is 33.3 Å². The molecule has 1 aliphatic rings. The summed E-state index contributed by atoms with van der Waals surface area (Å²) in [6, 6.07) is 9.26. The quantitative estimate of drug-likeness (QED) is 0.815. The molecule has 0 bridgehead atoms. The molecule has 27 heavy (non-hydrogen) atoms. The van der Waals surface area contributed by atoms with Gasteiger partial charge in [-0.2, -0.15) is 0 Å². The van der Waals surface area contributed by atoms with Gasteiger partial charge in [-0.1, -0.05) is 30.3 Å². The number of nitrogens with one attached hydrogen (secondary N) is 2. The molecule has 7 nitrogen and oxygen atoms in total. The molecule has 0 atom stereocenters. The van der Waals surface area contributed by atoms with Crippen LogP contribution < -0.4 is 10.6 Å². The highest BCUT2D eigenvalue weighted by Crippen LogP contribution is 2.26. The van der Waals surface area contributed by atoms with Crippen molar-refractivity contribution in [2.45, 2.75) is 39.2 Å². The number of hydrogen-bond donors (Lipinski definition) is 2. The lowest BCUT2D eigenvalue weighted by molar-refractivity contribution is -0.138. The fourth-order valence-electron chi connectivity index (χ4n) is 3.15. The molecule has 2 N–H and O–H groups in total. The van der Waals surface area contributed by atoms with Crippen LogP contribution in [0.1, 0.15) is 33.3 Å². The number of urea groups is 1. The first kappa shape index (κ1) is 20.9. The van der Waals surface area contributed by atoms with Gasteiger partial charge in [0, 0.05) is 32.2 Å². The van der Waals surface area contributed by atoms with Crippen LogP contribution in [-0.2, 0) is 15.0 Å². The van der Waals surface area contributed by atoms with E-state index in [1.54, 1.807) is 0 Å². The highest BCUT2D eigenvalue weighted by Gasteiger charge is 2.35. The van der Waals surface area contributed by atoms with Crippen LogP contribution in [0.4, 0.5) is 4.79 Å². The van der Waals surface area contributed by atoms with E-state index in [1.807, 2.05) is 67.8 Å². The van der Waals surface area contributed by atoms with E-state index in [1.165, 1.54) is 0 Å². The smallest absolute Gasteiger partial charge is 0.321 e. The number of benzene rings is 1. The highest BCUT2D eigenvalue weighted by molar-refractivity contribution is 5.95. The van der Waals surface area contributed by atoms with E-state index in [4.69, 9.17) is 0 Å². The normalized spacial score (nSPS) is 15.5. The molecule has 0 saturated carbocycles. The Morgan fingerprint density at radius 2 is 1.63 bits per heavy atom. The zero-order chi connectivity index (χ0) is 20.0. The second kappa shape index (κ2) is 8.99. The molecule has 0 radical (unpaired) electrons. The van der Waals surface area contributed by atoms with Gasteiger partial charge in [-0.15, -0.1) is 0 Å². The zero-order valence-corrected chi connectivity index (χ0v) is 16.6. The third kappa shape index (κ3) is 5.79. The average molecular weight is 374 g/mol. The topological polar surface area (TPSA) is 81.8 Å². The van der Waals surface area contributed by atoms with Gasteiger partial charge in [0.2, 0.25) is 11.8 Å². The minimum atomic E-state index is -0.588. The Balaban J connectivity index is 1.83. The van der Waals surface area contributed by atoms with E-state index in [0.717, 1.165) is 5.56 Å². The van der Waals surface area contributed by atoms with Crippen molar-refractivity contribution in [3.05, 3.63) is 35.9 Å². The van der Waals surface area contributed by atoms with Crippen LogP contribution in [0.2, 0.25) is 0 Å². The fraction of sp³-hybridized carbons (Fsp3) is 0.550. The minimum Gasteiger partial charge on any atom is -0.339 e. The summed E-state index contributed by atoms with van der Waals surface area (Å²) in [5, 5.41) is 4.95. The first-order valence-corrected chi connectivity index (χ1v) is 9.37. The Bertz CT molecular complexity index is 665. The zero-order valence-electron chi connectivity index (χ0n) is 16.6. The molecular weight excluding hydrogens is 344 g/mol. The predicted octanol–water partition coefficient (Wildman–Crippen LogP) is 1.34. The minimum absolute atomic E-state index is 0.0275. The van der Waals surface area contributed by atoms with Crippen molar-refractivity contribution in [2.75, 3.05) is 32.7 Å². The second-order valence-electron chi connectivity index (χ2n) is 7.74. The number of rotatable bonds is 5. The average Bonchev–Trinajstić information content (AvgIpc) is 2.61. The molecule has 1 fully saturated rings. The lowest BCUT2D eigenvalue weighted by Crippen LogP contribution is -2.55. The maximum absolute atomic E-state index is 13.0. The Hall–Kier alpha value is -2.41. The van der Waals surface area contributed by atoms with Crippen LogP contribution in [0.15, 0.2) is 30.3 Å². The summed E-state index contributed by atoms with van der Waals surface area (Å²) < 4.78 is 0. The molecule has 1 heterocycles. The van der Waals surface area contributed by atoms with E-state index in [0.29, 0.717) is 26.2 Å². The Kier molecular flexibility index (Phi) is 6.96. The van der Waals surface area contributed by atoms with Gasteiger partial charge in [-0.3, -0.25) is 19.8 Å². The SMILES string of the molecule is CC(C)NC(=O)NC(=O)CN1CCN(C(=O)C(C)(C)c2ccccc2)CC1. The van der Waals surface area contributed by atoms with Gasteiger partial charge in [-0.25, -0.2) is 4.79 Å². The maximum atomic E-state index is 13.0. The molecule has 2 rings (SSSR count). The molecule has 0 aliphatic carbocycles. The first-order valence-electron chi connectivity index (χ1n) is 9.37. The van der Waals surface area contributed by atoms with Crippen molar-refractivity contribution in [3.63, 3.8) is 0 Å². The molecule has 1 saturated heterocycles. The summed E-state index contributed by atoms with van der Waals surface area (Å²) in [6.07, 6.45) is 0. The molecular formula is C20H30N4O3. The summed E-state index contributed by atoms with van der Waals surface area (Å²) in [7, 11) is 0. The van der Waals surface area contributed by atoms with Crippen LogP contribution in [-0.4, -0.2) is 66.4 Å². The Morgan fingerprint density at radius 1 is 1.04 bits per heavy atom. The summed E-state index contributed by atoms with van der Waals surface area (Å²) in [5.41, 5.74) is 0.406. The third-order valence-corrected chi connectivity index (χ3v) is 4.73. The van der Waals surface area contributed by atoms with Gasteiger partial charge < -0.3 is 10.2 Å². The van der Waals surface area contributed by atoms with Gasteiger partial charge in [0.15, 0.2) is 0 Å². The van der Waals surface area contributed by atoms with Crippen LogP contribution in [0.25, 0.3) is 0 Å². The van der Waals surface area contributed by atoms with Crippen molar-refractivity contribution in [2.24, 2.45) is 0 Å². The molecule has 4 amide bonds. The standard InChI is InChI=1S/C20H30N4O3/c1-15(2)21-19(27)22-17(25)14-23-10-12-24(13-11-23)18(26)20(3,4)16-8-6-5-7-9-16/h5-9,15H,10-14H2,1-4H3,(H2,21,22,25,27). The van der Waals surface area contributed by atoms with Gasteiger partial charge >= 0.3 is 6.03 Å². The van der Waals surface area contributed by atoms with Gasteiger partial charge in [0.1, 0.15) is 0 Å². The molecule has 1 aliphatic heterocycles. The fourth-order valence-corrected chi connectivity index (χ4v) is 3.15. The van der Waals surface area contributed by atoms with Crippen molar-refractivity contribution in [1.82, 2.24) is 20.4 Å². The van der Waals surface area contributed by atoms with E-state index < -0.39 is 11.4 Å². The van der Waals surface area contributed by atoms with Gasteiger partial charge in [0.25, 0.3) is 0 Å². The summed E-state index contributed by atoms with van der Waals surface area (Å²) >= 11 is 0. The Labute approximate surface area is 161 Å². The lowest BCUT2D eigenvalue weighted by atomic mass is 9.83. The summed E-state index contributed by atoms with van der Waals surface area (Å²) in [6.45, 7) is 10.0. The number of piperazine rings is 1. The van der Waals surface area contributed by atoms with E-state index in [9.17, 15) is 14.4 Å². The van der Waals surface area contributed by atoms with Crippen molar-refractivity contribution in [3.8, 4) is 0 Å². The molecule has 0 spiro atoms. The molecule has 0 unspecified atom stereocenters. The predicted molar refractivity (Wildman–Crippen MR) is 104 cm³/mol. The molecule has 0 aromatic heterocycles.